The summed E-state index contributed by atoms with van der Waals surface area (Å²) in [5.41, 5.74) is 0.196. The van der Waals surface area contributed by atoms with Gasteiger partial charge in [-0.1, -0.05) is 11.8 Å². The lowest BCUT2D eigenvalue weighted by Gasteiger charge is -2.05. The van der Waals surface area contributed by atoms with Crippen LogP contribution in [-0.4, -0.2) is 37.9 Å². The highest BCUT2D eigenvalue weighted by atomic mass is 32.2. The van der Waals surface area contributed by atoms with Crippen LogP contribution in [0.1, 0.15) is 10.4 Å². The lowest BCUT2D eigenvalue weighted by molar-refractivity contribution is -0.392. The average Bonchev–Trinajstić information content (AvgIpc) is 2.85. The van der Waals surface area contributed by atoms with Crippen LogP contribution in [0.3, 0.4) is 0 Å². The van der Waals surface area contributed by atoms with Crippen LogP contribution < -0.4 is 4.74 Å². The van der Waals surface area contributed by atoms with E-state index in [0.717, 1.165) is 0 Å². The van der Waals surface area contributed by atoms with E-state index in [2.05, 4.69) is 4.98 Å². The standard InChI is InChI=1S/C13H13N3O5S/c1-15-11(16(19)20)8-14-13(15)22-7-6-21-10-4-2-9(3-5-10)12(17)18/h2-5,8H,6-7H2,1H3,(H,17,18). The van der Waals surface area contributed by atoms with Crippen molar-refractivity contribution in [1.82, 2.24) is 9.55 Å². The highest BCUT2D eigenvalue weighted by molar-refractivity contribution is 7.99. The second-order valence-electron chi connectivity index (χ2n) is 4.24. The second kappa shape index (κ2) is 6.94. The molecule has 1 aromatic carbocycles. The Morgan fingerprint density at radius 3 is 2.68 bits per heavy atom. The Kier molecular flexibility index (Phi) is 4.99. The van der Waals surface area contributed by atoms with Gasteiger partial charge in [0.2, 0.25) is 0 Å². The van der Waals surface area contributed by atoms with Gasteiger partial charge < -0.3 is 20.0 Å². The number of hydrogen-bond acceptors (Lipinski definition) is 6. The molecule has 0 aliphatic carbocycles. The maximum Gasteiger partial charge on any atom is 0.343 e. The van der Waals surface area contributed by atoms with E-state index in [1.54, 1.807) is 19.2 Å². The number of ether oxygens (including phenoxy) is 1. The van der Waals surface area contributed by atoms with Gasteiger partial charge in [-0.05, 0) is 29.2 Å². The molecule has 0 radical (unpaired) electrons. The molecule has 0 aliphatic heterocycles. The summed E-state index contributed by atoms with van der Waals surface area (Å²) in [6, 6.07) is 6.10. The number of hydrogen-bond donors (Lipinski definition) is 1. The van der Waals surface area contributed by atoms with E-state index < -0.39 is 10.9 Å². The van der Waals surface area contributed by atoms with Crippen LogP contribution in [-0.2, 0) is 7.05 Å². The molecule has 116 valence electrons. The molecular weight excluding hydrogens is 310 g/mol. The van der Waals surface area contributed by atoms with Crippen LogP contribution in [0.4, 0.5) is 5.82 Å². The van der Waals surface area contributed by atoms with E-state index in [-0.39, 0.29) is 11.4 Å². The van der Waals surface area contributed by atoms with Gasteiger partial charge in [0, 0.05) is 5.75 Å². The molecule has 0 spiro atoms. The van der Waals surface area contributed by atoms with Crippen molar-refractivity contribution in [1.29, 1.82) is 0 Å². The van der Waals surface area contributed by atoms with E-state index >= 15 is 0 Å². The molecule has 0 saturated carbocycles. The first-order valence-electron chi connectivity index (χ1n) is 6.24. The van der Waals surface area contributed by atoms with E-state index in [0.29, 0.717) is 23.3 Å². The summed E-state index contributed by atoms with van der Waals surface area (Å²) in [5.74, 6) is 0.0745. The first-order valence-corrected chi connectivity index (χ1v) is 7.22. The third-order valence-corrected chi connectivity index (χ3v) is 3.80. The van der Waals surface area contributed by atoms with Crippen LogP contribution in [0.2, 0.25) is 0 Å². The molecule has 0 bridgehead atoms. The number of thioether (sulfide) groups is 1. The lowest BCUT2D eigenvalue weighted by atomic mass is 10.2. The minimum absolute atomic E-state index is 0.0623. The molecule has 0 fully saturated rings. The molecule has 1 heterocycles. The Bertz CT molecular complexity index is 683. The first kappa shape index (κ1) is 15.8. The molecule has 2 aromatic rings. The van der Waals surface area contributed by atoms with Crippen LogP contribution in [0, 0.1) is 10.1 Å². The number of nitro groups is 1. The summed E-state index contributed by atoms with van der Waals surface area (Å²) in [6.07, 6.45) is 1.22. The molecule has 1 aromatic heterocycles. The fourth-order valence-corrected chi connectivity index (χ4v) is 2.44. The molecule has 2 rings (SSSR count). The monoisotopic (exact) mass is 323 g/mol. The summed E-state index contributed by atoms with van der Waals surface area (Å²) in [4.78, 5) is 24.9. The molecule has 0 unspecified atom stereocenters. The summed E-state index contributed by atoms with van der Waals surface area (Å²) >= 11 is 1.34. The smallest absolute Gasteiger partial charge is 0.343 e. The normalized spacial score (nSPS) is 10.4. The summed E-state index contributed by atoms with van der Waals surface area (Å²) in [5, 5.41) is 20.0. The van der Waals surface area contributed by atoms with Crippen molar-refractivity contribution in [3.8, 4) is 5.75 Å². The molecule has 22 heavy (non-hydrogen) atoms. The number of imidazole rings is 1. The van der Waals surface area contributed by atoms with Crippen molar-refractivity contribution >= 4 is 23.5 Å². The molecule has 0 atom stereocenters. The molecule has 8 nitrogen and oxygen atoms in total. The van der Waals surface area contributed by atoms with Gasteiger partial charge in [0.25, 0.3) is 5.16 Å². The first-order chi connectivity index (χ1) is 10.5. The Balaban J connectivity index is 1.82. The molecule has 1 N–H and O–H groups in total. The fraction of sp³-hybridized carbons (Fsp3) is 0.231. The van der Waals surface area contributed by atoms with Gasteiger partial charge in [0.1, 0.15) is 11.9 Å². The van der Waals surface area contributed by atoms with Crippen LogP contribution >= 0.6 is 11.8 Å². The zero-order chi connectivity index (χ0) is 16.1. The van der Waals surface area contributed by atoms with Gasteiger partial charge in [0.15, 0.2) is 0 Å². The number of carbonyl (C=O) groups is 1. The molecular formula is C13H13N3O5S. The number of carboxylic acids is 1. The van der Waals surface area contributed by atoms with Crippen molar-refractivity contribution in [2.24, 2.45) is 7.05 Å². The van der Waals surface area contributed by atoms with E-state index in [1.165, 1.54) is 34.7 Å². The SMILES string of the molecule is Cn1c([N+](=O)[O-])cnc1SCCOc1ccc(C(=O)O)cc1. The largest absolute Gasteiger partial charge is 0.493 e. The Labute approximate surface area is 129 Å². The van der Waals surface area contributed by atoms with Crippen molar-refractivity contribution in [3.63, 3.8) is 0 Å². The van der Waals surface area contributed by atoms with E-state index in [4.69, 9.17) is 9.84 Å². The number of aromatic nitrogens is 2. The number of carboxylic acid groups (broad SMARTS) is 1. The zero-order valence-electron chi connectivity index (χ0n) is 11.6. The minimum atomic E-state index is -0.988. The molecule has 0 aliphatic rings. The van der Waals surface area contributed by atoms with Gasteiger partial charge in [-0.3, -0.25) is 0 Å². The number of rotatable bonds is 7. The highest BCUT2D eigenvalue weighted by Gasteiger charge is 2.16. The predicted octanol–water partition coefficient (Wildman–Crippen LogP) is 2.20. The van der Waals surface area contributed by atoms with E-state index in [9.17, 15) is 14.9 Å². The minimum Gasteiger partial charge on any atom is -0.493 e. The lowest BCUT2D eigenvalue weighted by Crippen LogP contribution is -2.03. The summed E-state index contributed by atoms with van der Waals surface area (Å²) in [6.45, 7) is 0.373. The summed E-state index contributed by atoms with van der Waals surface area (Å²) in [7, 11) is 1.58. The van der Waals surface area contributed by atoms with Crippen LogP contribution in [0.25, 0.3) is 0 Å². The number of nitrogens with zero attached hydrogens (tertiary/aromatic N) is 3. The second-order valence-corrected chi connectivity index (χ2v) is 5.30. The molecule has 9 heteroatoms. The van der Waals surface area contributed by atoms with Crippen LogP contribution in [0.5, 0.6) is 5.75 Å². The maximum absolute atomic E-state index is 10.7. The van der Waals surface area contributed by atoms with Gasteiger partial charge >= 0.3 is 11.8 Å². The van der Waals surface area contributed by atoms with Gasteiger partial charge in [0.05, 0.1) is 19.2 Å². The molecule has 0 amide bonds. The summed E-state index contributed by atoms with van der Waals surface area (Å²) < 4.78 is 6.88. The van der Waals surface area contributed by atoms with Crippen LogP contribution in [0.15, 0.2) is 35.6 Å². The topological polar surface area (TPSA) is 107 Å². The van der Waals surface area contributed by atoms with Crippen molar-refractivity contribution < 1.29 is 19.6 Å². The third kappa shape index (κ3) is 3.76. The third-order valence-electron chi connectivity index (χ3n) is 2.79. The quantitative estimate of drug-likeness (QED) is 0.360. The van der Waals surface area contributed by atoms with Crippen molar-refractivity contribution in [2.45, 2.75) is 5.16 Å². The molecule has 0 saturated heterocycles. The average molecular weight is 323 g/mol. The Hall–Kier alpha value is -2.55. The Morgan fingerprint density at radius 2 is 2.14 bits per heavy atom. The van der Waals surface area contributed by atoms with Gasteiger partial charge in [-0.2, -0.15) is 0 Å². The fourth-order valence-electron chi connectivity index (χ4n) is 1.67. The zero-order valence-corrected chi connectivity index (χ0v) is 12.4. The maximum atomic E-state index is 10.7. The van der Waals surface area contributed by atoms with E-state index in [1.807, 2.05) is 0 Å². The van der Waals surface area contributed by atoms with Crippen molar-refractivity contribution in [2.75, 3.05) is 12.4 Å². The number of aromatic carboxylic acids is 1. The van der Waals surface area contributed by atoms with Gasteiger partial charge in [-0.15, -0.1) is 0 Å². The predicted molar refractivity (Wildman–Crippen MR) is 79.5 cm³/mol. The van der Waals surface area contributed by atoms with Gasteiger partial charge in [-0.25, -0.2) is 14.3 Å². The Morgan fingerprint density at radius 1 is 1.45 bits per heavy atom. The van der Waals surface area contributed by atoms with Crippen molar-refractivity contribution in [3.05, 3.63) is 46.1 Å². The number of benzene rings is 1. The highest BCUT2D eigenvalue weighted by Crippen LogP contribution is 2.21.